The van der Waals surface area contributed by atoms with E-state index >= 15 is 0 Å². The highest BCUT2D eigenvalue weighted by atomic mass is 15.0. The van der Waals surface area contributed by atoms with Crippen molar-refractivity contribution in [2.75, 3.05) is 0 Å². The van der Waals surface area contributed by atoms with Gasteiger partial charge < -0.3 is 0 Å². The van der Waals surface area contributed by atoms with Crippen LogP contribution in [0.5, 0.6) is 0 Å². The predicted octanol–water partition coefficient (Wildman–Crippen LogP) is 3.62. The maximum Gasteiger partial charge on any atom is 0.154 e. The van der Waals surface area contributed by atoms with Crippen molar-refractivity contribution in [2.45, 2.75) is 32.2 Å². The summed E-state index contributed by atoms with van der Waals surface area (Å²) >= 11 is 0. The normalized spacial score (nSPS) is 15.4. The number of hydrogen-bond donors (Lipinski definition) is 0. The maximum atomic E-state index is 4.91. The Hall–Kier alpha value is -2.42. The molecule has 0 atom stereocenters. The molecule has 22 heavy (non-hydrogen) atoms. The van der Waals surface area contributed by atoms with Crippen LogP contribution in [-0.2, 0) is 6.54 Å². The third-order valence-corrected chi connectivity index (χ3v) is 4.25. The summed E-state index contributed by atoms with van der Waals surface area (Å²) < 4.78 is 2.19. The van der Waals surface area contributed by atoms with E-state index in [2.05, 4.69) is 53.9 Å². The smallest absolute Gasteiger partial charge is 0.154 e. The molecular formula is C19H19N3. The number of fused-ring (bicyclic) bond motifs is 1. The first-order chi connectivity index (χ1) is 10.8. The van der Waals surface area contributed by atoms with Crippen LogP contribution in [0.1, 0.15) is 35.6 Å². The minimum atomic E-state index is 0.590. The average Bonchev–Trinajstić information content (AvgIpc) is 3.39. The molecule has 1 saturated carbocycles. The number of pyridine rings is 1. The fourth-order valence-corrected chi connectivity index (χ4v) is 2.84. The molecule has 4 rings (SSSR count). The molecule has 0 bridgehead atoms. The number of rotatable bonds is 3. The van der Waals surface area contributed by atoms with Crippen LogP contribution in [0.15, 0.2) is 59.9 Å². The Morgan fingerprint density at radius 2 is 1.95 bits per heavy atom. The Balaban J connectivity index is 1.89. The van der Waals surface area contributed by atoms with E-state index in [0.717, 1.165) is 16.7 Å². The van der Waals surface area contributed by atoms with E-state index in [0.29, 0.717) is 12.5 Å². The number of benzene rings is 1. The third kappa shape index (κ3) is 2.43. The van der Waals surface area contributed by atoms with Crippen LogP contribution in [0.4, 0.5) is 0 Å². The van der Waals surface area contributed by atoms with E-state index < -0.39 is 0 Å². The van der Waals surface area contributed by atoms with Crippen LogP contribution >= 0.6 is 0 Å². The topological polar surface area (TPSA) is 29.7 Å². The van der Waals surface area contributed by atoms with Gasteiger partial charge in [-0.3, -0.25) is 14.4 Å². The van der Waals surface area contributed by atoms with Gasteiger partial charge in [0.15, 0.2) is 5.49 Å². The first-order valence-corrected chi connectivity index (χ1v) is 7.84. The molecule has 0 N–H and O–H groups in total. The van der Waals surface area contributed by atoms with Gasteiger partial charge in [-0.25, -0.2) is 0 Å². The fourth-order valence-electron chi connectivity index (χ4n) is 2.84. The molecule has 0 amide bonds. The van der Waals surface area contributed by atoms with Gasteiger partial charge in [0.25, 0.3) is 0 Å². The van der Waals surface area contributed by atoms with Gasteiger partial charge in [0.2, 0.25) is 0 Å². The Kier molecular flexibility index (Phi) is 3.26. The highest BCUT2D eigenvalue weighted by molar-refractivity contribution is 5.52. The molecule has 3 nitrogen and oxygen atoms in total. The summed E-state index contributed by atoms with van der Waals surface area (Å²) in [6, 6.07) is 14.6. The zero-order valence-corrected chi connectivity index (χ0v) is 12.7. The second kappa shape index (κ2) is 5.41. The molecule has 0 aliphatic heterocycles. The monoisotopic (exact) mass is 289 g/mol. The summed E-state index contributed by atoms with van der Waals surface area (Å²) in [7, 11) is 0. The summed E-state index contributed by atoms with van der Waals surface area (Å²) in [6.45, 7) is 2.82. The molecule has 1 aliphatic rings. The molecule has 2 heterocycles. The SMILES string of the molecule is Cc1cccn2c(=NCc3ccccc3)c(C3CC3)ncc12. The van der Waals surface area contributed by atoms with Crippen molar-refractivity contribution >= 4 is 5.52 Å². The Morgan fingerprint density at radius 1 is 1.14 bits per heavy atom. The maximum absolute atomic E-state index is 4.91. The summed E-state index contributed by atoms with van der Waals surface area (Å²) in [5.41, 5.74) is 5.77. The molecule has 3 heteroatoms. The molecule has 110 valence electrons. The van der Waals surface area contributed by atoms with Crippen molar-refractivity contribution in [3.8, 4) is 0 Å². The lowest BCUT2D eigenvalue weighted by molar-refractivity contribution is 0.848. The lowest BCUT2D eigenvalue weighted by Crippen LogP contribution is -2.22. The zero-order valence-electron chi connectivity index (χ0n) is 12.7. The van der Waals surface area contributed by atoms with Crippen molar-refractivity contribution in [1.82, 2.24) is 9.38 Å². The van der Waals surface area contributed by atoms with Gasteiger partial charge in [0.05, 0.1) is 24.0 Å². The minimum absolute atomic E-state index is 0.590. The Labute approximate surface area is 130 Å². The lowest BCUT2D eigenvalue weighted by atomic mass is 10.2. The number of aromatic nitrogens is 2. The van der Waals surface area contributed by atoms with E-state index in [1.807, 2.05) is 12.3 Å². The van der Waals surface area contributed by atoms with Crippen molar-refractivity contribution < 1.29 is 0 Å². The predicted molar refractivity (Wildman–Crippen MR) is 87.6 cm³/mol. The van der Waals surface area contributed by atoms with Gasteiger partial charge >= 0.3 is 0 Å². The van der Waals surface area contributed by atoms with Crippen molar-refractivity contribution in [1.29, 1.82) is 0 Å². The largest absolute Gasteiger partial charge is 0.299 e. The van der Waals surface area contributed by atoms with Crippen LogP contribution in [0.25, 0.3) is 5.52 Å². The van der Waals surface area contributed by atoms with E-state index in [1.54, 1.807) is 0 Å². The van der Waals surface area contributed by atoms with Crippen LogP contribution in [0, 0.1) is 6.92 Å². The van der Waals surface area contributed by atoms with Crippen LogP contribution in [0.2, 0.25) is 0 Å². The van der Waals surface area contributed by atoms with Gasteiger partial charge in [-0.1, -0.05) is 36.4 Å². The molecule has 1 aromatic carbocycles. The molecule has 1 fully saturated rings. The van der Waals surface area contributed by atoms with E-state index in [9.17, 15) is 0 Å². The Morgan fingerprint density at radius 3 is 2.73 bits per heavy atom. The molecule has 0 saturated heterocycles. The highest BCUT2D eigenvalue weighted by Crippen LogP contribution is 2.37. The molecule has 1 aliphatic carbocycles. The third-order valence-electron chi connectivity index (χ3n) is 4.25. The van der Waals surface area contributed by atoms with E-state index in [-0.39, 0.29) is 0 Å². The van der Waals surface area contributed by atoms with Crippen molar-refractivity contribution in [3.63, 3.8) is 0 Å². The summed E-state index contributed by atoms with van der Waals surface area (Å²) in [6.07, 6.45) is 6.56. The van der Waals surface area contributed by atoms with Crippen molar-refractivity contribution in [3.05, 3.63) is 77.2 Å². The molecule has 3 aromatic rings. The number of hydrogen-bond acceptors (Lipinski definition) is 2. The molecular weight excluding hydrogens is 270 g/mol. The van der Waals surface area contributed by atoms with Crippen LogP contribution in [-0.4, -0.2) is 9.38 Å². The molecule has 0 spiro atoms. The first kappa shape index (κ1) is 13.3. The number of nitrogens with zero attached hydrogens (tertiary/aromatic N) is 3. The average molecular weight is 289 g/mol. The fraction of sp³-hybridized carbons (Fsp3) is 0.263. The standard InChI is InChI=1S/C19H19N3/c1-14-6-5-11-22-17(14)13-20-18(16-9-10-16)19(22)21-12-15-7-3-2-4-8-15/h2-8,11,13,16H,9-10,12H2,1H3. The highest BCUT2D eigenvalue weighted by Gasteiger charge is 2.27. The Bertz CT molecular complexity index is 874. The minimum Gasteiger partial charge on any atom is -0.299 e. The van der Waals surface area contributed by atoms with E-state index in [1.165, 1.54) is 24.0 Å². The quantitative estimate of drug-likeness (QED) is 0.724. The van der Waals surface area contributed by atoms with Crippen LogP contribution in [0.3, 0.4) is 0 Å². The van der Waals surface area contributed by atoms with Gasteiger partial charge in [0, 0.05) is 12.1 Å². The van der Waals surface area contributed by atoms with Gasteiger partial charge in [-0.15, -0.1) is 0 Å². The first-order valence-electron chi connectivity index (χ1n) is 7.84. The zero-order chi connectivity index (χ0) is 14.9. The molecule has 0 unspecified atom stereocenters. The number of aryl methyl sites for hydroxylation is 1. The lowest BCUT2D eigenvalue weighted by Gasteiger charge is -2.08. The van der Waals surface area contributed by atoms with Crippen LogP contribution < -0.4 is 5.49 Å². The van der Waals surface area contributed by atoms with E-state index in [4.69, 9.17) is 9.98 Å². The van der Waals surface area contributed by atoms with Gasteiger partial charge in [-0.05, 0) is 37.0 Å². The molecule has 0 radical (unpaired) electrons. The van der Waals surface area contributed by atoms with Gasteiger partial charge in [0.1, 0.15) is 0 Å². The molecule has 2 aromatic heterocycles. The summed E-state index contributed by atoms with van der Waals surface area (Å²) in [5.74, 6) is 0.590. The second-order valence-electron chi connectivity index (χ2n) is 5.99. The summed E-state index contributed by atoms with van der Waals surface area (Å²) in [4.78, 5) is 9.63. The van der Waals surface area contributed by atoms with Crippen molar-refractivity contribution in [2.24, 2.45) is 4.99 Å². The summed E-state index contributed by atoms with van der Waals surface area (Å²) in [5, 5.41) is 0. The van der Waals surface area contributed by atoms with Gasteiger partial charge in [-0.2, -0.15) is 0 Å². The second-order valence-corrected chi connectivity index (χ2v) is 5.99.